The third kappa shape index (κ3) is 6.14. The number of fused-ring (bicyclic) bond motifs is 1. The molecule has 4 N–H and O–H groups in total. The van der Waals surface area contributed by atoms with Crippen LogP contribution in [0.4, 0.5) is 4.39 Å². The van der Waals surface area contributed by atoms with Crippen LogP contribution in [0.2, 0.25) is 0 Å². The van der Waals surface area contributed by atoms with E-state index in [1.165, 1.54) is 5.57 Å². The van der Waals surface area contributed by atoms with Crippen LogP contribution in [0.25, 0.3) is 11.0 Å². The minimum absolute atomic E-state index is 0.114. The molecule has 3 heterocycles. The van der Waals surface area contributed by atoms with E-state index < -0.39 is 0 Å². The van der Waals surface area contributed by atoms with Crippen molar-refractivity contribution < 1.29 is 4.39 Å². The number of nitrogens with two attached hydrogens (primary N) is 1. The van der Waals surface area contributed by atoms with Crippen molar-refractivity contribution in [3.8, 4) is 0 Å². The van der Waals surface area contributed by atoms with Crippen LogP contribution in [0.5, 0.6) is 0 Å². The number of aromatic amines is 1. The van der Waals surface area contributed by atoms with E-state index in [-0.39, 0.29) is 17.8 Å². The van der Waals surface area contributed by atoms with Gasteiger partial charge < -0.3 is 11.1 Å². The molecule has 2 unspecified atom stereocenters. The van der Waals surface area contributed by atoms with Gasteiger partial charge >= 0.3 is 0 Å². The first-order valence-corrected chi connectivity index (χ1v) is 12.7. The lowest BCUT2D eigenvalue weighted by atomic mass is 9.93. The van der Waals surface area contributed by atoms with E-state index in [0.717, 1.165) is 55.8 Å². The first kappa shape index (κ1) is 25.0. The molecule has 4 rings (SSSR count). The summed E-state index contributed by atoms with van der Waals surface area (Å²) in [5.74, 6) is 1.80. The van der Waals surface area contributed by atoms with Gasteiger partial charge in [0.2, 0.25) is 0 Å². The Morgan fingerprint density at radius 3 is 2.97 bits per heavy atom. The van der Waals surface area contributed by atoms with Crippen molar-refractivity contribution in [2.24, 2.45) is 22.6 Å². The van der Waals surface area contributed by atoms with Crippen LogP contribution in [0.1, 0.15) is 51.6 Å². The number of aromatic nitrogens is 2. The van der Waals surface area contributed by atoms with Crippen molar-refractivity contribution in [2.45, 2.75) is 52.5 Å². The van der Waals surface area contributed by atoms with Gasteiger partial charge in [0.25, 0.3) is 0 Å². The highest BCUT2D eigenvalue weighted by Crippen LogP contribution is 2.27. The number of hydrogen-bond donors (Lipinski definition) is 3. The van der Waals surface area contributed by atoms with Crippen LogP contribution in [-0.2, 0) is 6.42 Å². The second-order valence-electron chi connectivity index (χ2n) is 10.2. The van der Waals surface area contributed by atoms with Gasteiger partial charge in [0.1, 0.15) is 17.2 Å². The molecule has 2 aliphatic heterocycles. The molecular formula is C28H39FN6. The summed E-state index contributed by atoms with van der Waals surface area (Å²) in [6.45, 7) is 13.4. The smallest absolute Gasteiger partial charge is 0.150 e. The Kier molecular flexibility index (Phi) is 7.96. The molecule has 2 aliphatic rings. The normalized spacial score (nSPS) is 21.6. The van der Waals surface area contributed by atoms with E-state index >= 15 is 0 Å². The average molecular weight is 479 g/mol. The summed E-state index contributed by atoms with van der Waals surface area (Å²) in [5, 5.41) is 6.40. The van der Waals surface area contributed by atoms with Crippen molar-refractivity contribution in [1.29, 1.82) is 0 Å². The van der Waals surface area contributed by atoms with Crippen molar-refractivity contribution in [2.75, 3.05) is 19.6 Å². The molecule has 6 nitrogen and oxygen atoms in total. The van der Waals surface area contributed by atoms with E-state index in [4.69, 9.17) is 5.73 Å². The van der Waals surface area contributed by atoms with Gasteiger partial charge in [0.05, 0.1) is 5.52 Å². The number of nitrogens with one attached hydrogen (secondary N) is 2. The molecule has 2 aromatic rings. The van der Waals surface area contributed by atoms with Crippen molar-refractivity contribution >= 4 is 16.9 Å². The van der Waals surface area contributed by atoms with Gasteiger partial charge in [-0.3, -0.25) is 14.7 Å². The van der Waals surface area contributed by atoms with Gasteiger partial charge in [-0.05, 0) is 75.8 Å². The fourth-order valence-electron chi connectivity index (χ4n) is 4.92. The zero-order chi connectivity index (χ0) is 24.9. The Bertz CT molecular complexity index is 1160. The maximum Gasteiger partial charge on any atom is 0.150 e. The standard InChI is InChI=1S/C28H39FN6/c1-5-20(4)17-34-13-7-8-21(18-34)10-11-26(30)32-28-23(9-6-12-31-28)14-22-15-24(29)27-25(16-22)35(33-27)19(2)3/h5-6,10-12,15-16,19-20,23,33H,1,7-9,13-14,17-18,30H2,2-4H3,(H,31,32)/b21-10+,26-11+. The molecule has 0 bridgehead atoms. The van der Waals surface area contributed by atoms with Crippen LogP contribution in [0.3, 0.4) is 0 Å². The SMILES string of the molecule is C=CC(C)CN1CCC/C(=C\C=C(/N)NC2=NC=CCC2Cc2cc(F)c3[nH]n(C(C)C)c3c2)C1. The molecule has 2 atom stereocenters. The summed E-state index contributed by atoms with van der Waals surface area (Å²) < 4.78 is 16.6. The van der Waals surface area contributed by atoms with Crippen LogP contribution in [0, 0.1) is 17.7 Å². The fourth-order valence-corrected chi connectivity index (χ4v) is 4.92. The van der Waals surface area contributed by atoms with Gasteiger partial charge in [-0.1, -0.05) is 30.7 Å². The number of likely N-dealkylation sites (tertiary alicyclic amines) is 1. The van der Waals surface area contributed by atoms with Gasteiger partial charge in [-0.25, -0.2) is 9.38 Å². The van der Waals surface area contributed by atoms with Gasteiger partial charge in [-0.15, -0.1) is 6.58 Å². The number of piperidine rings is 1. The largest absolute Gasteiger partial charge is 0.385 e. The highest BCUT2D eigenvalue weighted by atomic mass is 19.1. The first-order valence-electron chi connectivity index (χ1n) is 12.7. The average Bonchev–Trinajstić information content (AvgIpc) is 2.81. The molecule has 0 spiro atoms. The van der Waals surface area contributed by atoms with Gasteiger partial charge in [-0.2, -0.15) is 0 Å². The Morgan fingerprint density at radius 1 is 1.37 bits per heavy atom. The lowest BCUT2D eigenvalue weighted by Crippen LogP contribution is -2.35. The summed E-state index contributed by atoms with van der Waals surface area (Å²) in [4.78, 5) is 7.05. The first-order chi connectivity index (χ1) is 16.8. The number of aliphatic imine (C=N–C) groups is 1. The van der Waals surface area contributed by atoms with E-state index in [0.29, 0.717) is 23.7 Å². The molecular weight excluding hydrogens is 439 g/mol. The van der Waals surface area contributed by atoms with Crippen LogP contribution >= 0.6 is 0 Å². The highest BCUT2D eigenvalue weighted by molar-refractivity contribution is 5.88. The second kappa shape index (κ2) is 11.1. The molecule has 1 aromatic carbocycles. The predicted octanol–water partition coefficient (Wildman–Crippen LogP) is 5.40. The fraction of sp³-hybridized carbons (Fsp3) is 0.464. The lowest BCUT2D eigenvalue weighted by molar-refractivity contribution is 0.247. The summed E-state index contributed by atoms with van der Waals surface area (Å²) in [6, 6.07) is 3.97. The van der Waals surface area contributed by atoms with E-state index in [1.54, 1.807) is 6.07 Å². The van der Waals surface area contributed by atoms with Crippen LogP contribution < -0.4 is 11.1 Å². The Labute approximate surface area is 208 Å². The Morgan fingerprint density at radius 2 is 2.20 bits per heavy atom. The molecule has 188 valence electrons. The summed E-state index contributed by atoms with van der Waals surface area (Å²) >= 11 is 0. The second-order valence-corrected chi connectivity index (χ2v) is 10.2. The maximum absolute atomic E-state index is 14.6. The van der Waals surface area contributed by atoms with Crippen molar-refractivity contribution in [3.05, 3.63) is 72.0 Å². The quantitative estimate of drug-likeness (QED) is 0.445. The lowest BCUT2D eigenvalue weighted by Gasteiger charge is -2.30. The molecule has 1 aromatic heterocycles. The Balaban J connectivity index is 1.41. The third-order valence-electron chi connectivity index (χ3n) is 6.86. The van der Waals surface area contributed by atoms with Crippen LogP contribution in [0.15, 0.2) is 65.6 Å². The Hall–Kier alpha value is -3.06. The van der Waals surface area contributed by atoms with Crippen LogP contribution in [-0.4, -0.2) is 40.2 Å². The number of nitrogens with zero attached hydrogens (tertiary/aromatic N) is 3. The number of allylic oxidation sites excluding steroid dienone is 3. The zero-order valence-electron chi connectivity index (χ0n) is 21.2. The molecule has 1 fully saturated rings. The zero-order valence-corrected chi connectivity index (χ0v) is 21.2. The monoisotopic (exact) mass is 478 g/mol. The predicted molar refractivity (Wildman–Crippen MR) is 144 cm³/mol. The maximum atomic E-state index is 14.6. The summed E-state index contributed by atoms with van der Waals surface area (Å²) in [6.07, 6.45) is 13.8. The third-order valence-corrected chi connectivity index (χ3v) is 6.86. The molecule has 0 radical (unpaired) electrons. The molecule has 0 saturated carbocycles. The molecule has 35 heavy (non-hydrogen) atoms. The summed E-state index contributed by atoms with van der Waals surface area (Å²) in [5.41, 5.74) is 10.2. The number of rotatable bonds is 8. The van der Waals surface area contributed by atoms with Gasteiger partial charge in [0, 0.05) is 31.2 Å². The van der Waals surface area contributed by atoms with Crippen molar-refractivity contribution in [3.63, 3.8) is 0 Å². The molecule has 0 amide bonds. The molecule has 0 aliphatic carbocycles. The number of halogens is 1. The van der Waals surface area contributed by atoms with E-state index in [1.807, 2.05) is 23.0 Å². The number of amidine groups is 1. The molecule has 7 heteroatoms. The topological polar surface area (TPSA) is 74.4 Å². The minimum atomic E-state index is -0.206. The van der Waals surface area contributed by atoms with E-state index in [9.17, 15) is 4.39 Å². The number of benzene rings is 1. The minimum Gasteiger partial charge on any atom is -0.385 e. The van der Waals surface area contributed by atoms with E-state index in [2.05, 4.69) is 65.9 Å². The number of hydrogen-bond acceptors (Lipinski definition) is 4. The van der Waals surface area contributed by atoms with Crippen molar-refractivity contribution in [1.82, 2.24) is 20.0 Å². The highest BCUT2D eigenvalue weighted by Gasteiger charge is 2.21. The molecule has 1 saturated heterocycles. The van der Waals surface area contributed by atoms with Gasteiger partial charge in [0.15, 0.2) is 5.82 Å². The summed E-state index contributed by atoms with van der Waals surface area (Å²) in [7, 11) is 0. The number of H-pyrrole nitrogens is 1.